The van der Waals surface area contributed by atoms with Crippen molar-refractivity contribution in [3.63, 3.8) is 0 Å². The molecule has 2 saturated carbocycles. The Kier molecular flexibility index (Phi) is 3.46. The minimum atomic E-state index is -1.15. The molecule has 0 saturated heterocycles. The van der Waals surface area contributed by atoms with E-state index in [2.05, 4.69) is 18.2 Å². The van der Waals surface area contributed by atoms with Crippen LogP contribution >= 0.6 is 0 Å². The molecule has 3 aliphatic rings. The second-order valence-corrected chi connectivity index (χ2v) is 7.52. The second kappa shape index (κ2) is 5.24. The zero-order chi connectivity index (χ0) is 15.3. The lowest BCUT2D eigenvalue weighted by molar-refractivity contribution is -0.175. The molecule has 4 rings (SSSR count). The van der Waals surface area contributed by atoms with E-state index in [-0.39, 0.29) is 5.41 Å². The van der Waals surface area contributed by atoms with Gasteiger partial charge in [0, 0.05) is 5.41 Å². The first-order chi connectivity index (χ1) is 10.7. The van der Waals surface area contributed by atoms with Crippen molar-refractivity contribution < 1.29 is 14.9 Å². The Labute approximate surface area is 132 Å². The van der Waals surface area contributed by atoms with Gasteiger partial charge in [-0.05, 0) is 79.5 Å². The van der Waals surface area contributed by atoms with E-state index >= 15 is 0 Å². The van der Waals surface area contributed by atoms with Gasteiger partial charge in [-0.25, -0.2) is 0 Å². The van der Waals surface area contributed by atoms with Gasteiger partial charge >= 0.3 is 0 Å². The molecule has 0 unspecified atom stereocenters. The molecule has 2 N–H and O–H groups in total. The molecule has 0 aromatic heterocycles. The van der Waals surface area contributed by atoms with Crippen LogP contribution in [-0.4, -0.2) is 23.6 Å². The molecule has 3 heteroatoms. The lowest BCUT2D eigenvalue weighted by Crippen LogP contribution is -2.47. The van der Waals surface area contributed by atoms with Crippen LogP contribution < -0.4 is 4.74 Å². The smallest absolute Gasteiger partial charge is 0.157 e. The maximum atomic E-state index is 10.0. The van der Waals surface area contributed by atoms with Crippen molar-refractivity contribution in [2.45, 2.75) is 57.2 Å². The molecule has 4 atom stereocenters. The third kappa shape index (κ3) is 1.95. The quantitative estimate of drug-likeness (QED) is 0.825. The molecule has 0 radical (unpaired) electrons. The molecule has 1 aromatic rings. The molecule has 0 aliphatic heterocycles. The topological polar surface area (TPSA) is 49.7 Å². The Bertz CT molecular complexity index is 568. The first-order valence-corrected chi connectivity index (χ1v) is 8.68. The van der Waals surface area contributed by atoms with Crippen LogP contribution in [0, 0.1) is 17.3 Å². The van der Waals surface area contributed by atoms with Gasteiger partial charge in [0.05, 0.1) is 7.11 Å². The molecule has 0 amide bonds. The Morgan fingerprint density at radius 3 is 2.82 bits per heavy atom. The van der Waals surface area contributed by atoms with Gasteiger partial charge in [0.15, 0.2) is 6.29 Å². The van der Waals surface area contributed by atoms with Crippen LogP contribution in [0.3, 0.4) is 0 Å². The molecule has 3 nitrogen and oxygen atoms in total. The van der Waals surface area contributed by atoms with Gasteiger partial charge in [-0.2, -0.15) is 0 Å². The van der Waals surface area contributed by atoms with E-state index in [9.17, 15) is 10.2 Å². The highest BCUT2D eigenvalue weighted by Crippen LogP contribution is 2.62. The van der Waals surface area contributed by atoms with Crippen LogP contribution in [-0.2, 0) is 6.42 Å². The third-order valence-corrected chi connectivity index (χ3v) is 6.86. The lowest BCUT2D eigenvalue weighted by atomic mass is 9.55. The summed E-state index contributed by atoms with van der Waals surface area (Å²) in [7, 11) is 1.73. The van der Waals surface area contributed by atoms with Gasteiger partial charge < -0.3 is 14.9 Å². The highest BCUT2D eigenvalue weighted by molar-refractivity contribution is 5.41. The van der Waals surface area contributed by atoms with Crippen molar-refractivity contribution >= 4 is 0 Å². The summed E-state index contributed by atoms with van der Waals surface area (Å²) in [4.78, 5) is 0. The van der Waals surface area contributed by atoms with Gasteiger partial charge in [0.1, 0.15) is 5.75 Å². The number of hydrogen-bond acceptors (Lipinski definition) is 3. The minimum Gasteiger partial charge on any atom is -0.497 e. The highest BCUT2D eigenvalue weighted by atomic mass is 16.5. The first kappa shape index (κ1) is 14.5. The van der Waals surface area contributed by atoms with Crippen molar-refractivity contribution in [2.24, 2.45) is 17.3 Å². The van der Waals surface area contributed by atoms with Crippen LogP contribution in [0.5, 0.6) is 5.75 Å². The average Bonchev–Trinajstić information content (AvgIpc) is 2.99. The number of ether oxygens (including phenoxy) is 1. The fourth-order valence-electron chi connectivity index (χ4n) is 5.83. The molecule has 22 heavy (non-hydrogen) atoms. The summed E-state index contributed by atoms with van der Waals surface area (Å²) in [5.74, 6) is 2.61. The minimum absolute atomic E-state index is 0.225. The van der Waals surface area contributed by atoms with E-state index in [0.717, 1.165) is 44.3 Å². The van der Waals surface area contributed by atoms with Crippen molar-refractivity contribution in [3.05, 3.63) is 29.3 Å². The van der Waals surface area contributed by atoms with Gasteiger partial charge in [-0.15, -0.1) is 0 Å². The van der Waals surface area contributed by atoms with Crippen LogP contribution in [0.1, 0.15) is 55.6 Å². The first-order valence-electron chi connectivity index (χ1n) is 8.68. The maximum Gasteiger partial charge on any atom is 0.157 e. The Balaban J connectivity index is 1.71. The van der Waals surface area contributed by atoms with Gasteiger partial charge in [-0.3, -0.25) is 0 Å². The number of aliphatic hydroxyl groups excluding tert-OH is 1. The number of aryl methyl sites for hydroxylation is 1. The molecule has 0 heterocycles. The summed E-state index contributed by atoms with van der Waals surface area (Å²) < 4.78 is 5.42. The van der Waals surface area contributed by atoms with Crippen LogP contribution in [0.4, 0.5) is 0 Å². The Hall–Kier alpha value is -1.06. The summed E-state index contributed by atoms with van der Waals surface area (Å²) in [5, 5.41) is 20.1. The van der Waals surface area contributed by atoms with E-state index in [1.54, 1.807) is 7.11 Å². The fraction of sp³-hybridized carbons (Fsp3) is 0.684. The standard InChI is InChI=1S/C19H26O3/c1-22-13-6-4-12-5-7-15-14(16(12)11-13)8-10-19(18(20)21)9-2-3-17(15)19/h4,6,11,14-15,17-18,20-21H,2-3,5,7-10H2,1H3/t14-,15+,17-,19+/m0/s1. The molecular weight excluding hydrogens is 276 g/mol. The van der Waals surface area contributed by atoms with E-state index in [1.165, 1.54) is 17.5 Å². The lowest BCUT2D eigenvalue weighted by Gasteiger charge is -2.51. The van der Waals surface area contributed by atoms with E-state index in [1.807, 2.05) is 0 Å². The van der Waals surface area contributed by atoms with Crippen molar-refractivity contribution in [3.8, 4) is 5.75 Å². The zero-order valence-electron chi connectivity index (χ0n) is 13.3. The number of rotatable bonds is 2. The third-order valence-electron chi connectivity index (χ3n) is 6.86. The van der Waals surface area contributed by atoms with Crippen molar-refractivity contribution in [1.29, 1.82) is 0 Å². The number of benzene rings is 1. The van der Waals surface area contributed by atoms with Gasteiger partial charge in [-0.1, -0.05) is 12.5 Å². The van der Waals surface area contributed by atoms with E-state index < -0.39 is 6.29 Å². The molecular formula is C19H26O3. The molecule has 3 aliphatic carbocycles. The average molecular weight is 302 g/mol. The highest BCUT2D eigenvalue weighted by Gasteiger charge is 2.55. The van der Waals surface area contributed by atoms with Crippen LogP contribution in [0.2, 0.25) is 0 Å². The summed E-state index contributed by atoms with van der Waals surface area (Å²) in [5.41, 5.74) is 2.71. The van der Waals surface area contributed by atoms with E-state index in [4.69, 9.17) is 4.74 Å². The number of hydrogen-bond donors (Lipinski definition) is 2. The summed E-state index contributed by atoms with van der Waals surface area (Å²) in [6.07, 6.45) is 6.51. The fourth-order valence-corrected chi connectivity index (χ4v) is 5.83. The SMILES string of the molecule is COc1ccc2c(c1)[C@H]1CC[C@]3(C(O)O)CCC[C@H]3[C@@H]1CC2. The summed E-state index contributed by atoms with van der Waals surface area (Å²) in [6.45, 7) is 0. The molecule has 0 bridgehead atoms. The van der Waals surface area contributed by atoms with Crippen LogP contribution in [0.15, 0.2) is 18.2 Å². The normalized spacial score (nSPS) is 36.6. The van der Waals surface area contributed by atoms with Crippen molar-refractivity contribution in [2.75, 3.05) is 7.11 Å². The van der Waals surface area contributed by atoms with E-state index in [0.29, 0.717) is 17.8 Å². The molecule has 2 fully saturated rings. The number of methoxy groups -OCH3 is 1. The number of fused-ring (bicyclic) bond motifs is 5. The maximum absolute atomic E-state index is 10.0. The summed E-state index contributed by atoms with van der Waals surface area (Å²) >= 11 is 0. The van der Waals surface area contributed by atoms with Crippen LogP contribution in [0.25, 0.3) is 0 Å². The zero-order valence-corrected chi connectivity index (χ0v) is 13.3. The molecule has 120 valence electrons. The molecule has 0 spiro atoms. The monoisotopic (exact) mass is 302 g/mol. The largest absolute Gasteiger partial charge is 0.497 e. The van der Waals surface area contributed by atoms with Crippen molar-refractivity contribution in [1.82, 2.24) is 0 Å². The Morgan fingerprint density at radius 2 is 2.05 bits per heavy atom. The molecule has 1 aromatic carbocycles. The second-order valence-electron chi connectivity index (χ2n) is 7.52. The Morgan fingerprint density at radius 1 is 1.18 bits per heavy atom. The van der Waals surface area contributed by atoms with Gasteiger partial charge in [0.2, 0.25) is 0 Å². The predicted octanol–water partition coefficient (Wildman–Crippen LogP) is 3.23. The number of aliphatic hydroxyl groups is 2. The summed E-state index contributed by atoms with van der Waals surface area (Å²) in [6, 6.07) is 6.52. The predicted molar refractivity (Wildman–Crippen MR) is 84.8 cm³/mol. The van der Waals surface area contributed by atoms with Gasteiger partial charge in [0.25, 0.3) is 0 Å².